The van der Waals surface area contributed by atoms with Crippen LogP contribution in [0.25, 0.3) is 65.9 Å². The molecule has 0 fully saturated rings. The highest BCUT2D eigenvalue weighted by Gasteiger charge is 2.06. The highest BCUT2D eigenvalue weighted by atomic mass is 14.9. The van der Waals surface area contributed by atoms with Crippen LogP contribution in [0.4, 0.5) is 0 Å². The standard InChI is InChI=1S/2C13H11N.2C13H12/c2*1-14-12-8-4-2-6-10(12)11-7-3-5-9-13(11)14;2*1-11-7-5-6-10-13(11)12-8-3-2-4-9-12/h2*2-9H,1H3;2*2-10H,1H3. The molecule has 2 nitrogen and oxygen atoms in total. The summed E-state index contributed by atoms with van der Waals surface area (Å²) in [4.78, 5) is 0. The van der Waals surface area contributed by atoms with E-state index < -0.39 is 0 Å². The van der Waals surface area contributed by atoms with Crippen molar-refractivity contribution >= 4 is 43.6 Å². The normalized spacial score (nSPS) is 10.6. The van der Waals surface area contributed by atoms with E-state index in [1.807, 2.05) is 12.1 Å². The van der Waals surface area contributed by atoms with Gasteiger partial charge < -0.3 is 9.13 Å². The van der Waals surface area contributed by atoms with Crippen LogP contribution in [0.5, 0.6) is 0 Å². The molecule has 0 aliphatic carbocycles. The predicted octanol–water partition coefficient (Wildman–Crippen LogP) is 14.0. The molecule has 264 valence electrons. The maximum atomic E-state index is 2.24. The number of hydrogen-bond donors (Lipinski definition) is 0. The molecule has 10 rings (SSSR count). The first kappa shape index (κ1) is 35.7. The van der Waals surface area contributed by atoms with Gasteiger partial charge in [-0.3, -0.25) is 0 Å². The van der Waals surface area contributed by atoms with Crippen molar-refractivity contribution in [1.82, 2.24) is 9.13 Å². The molecule has 0 amide bonds. The highest BCUT2D eigenvalue weighted by Crippen LogP contribution is 2.28. The molecule has 0 radical (unpaired) electrons. The zero-order chi connectivity index (χ0) is 37.3. The van der Waals surface area contributed by atoms with Crippen LogP contribution >= 0.6 is 0 Å². The van der Waals surface area contributed by atoms with E-state index in [1.54, 1.807) is 0 Å². The van der Waals surface area contributed by atoms with Crippen molar-refractivity contribution in [3.8, 4) is 22.3 Å². The Labute approximate surface area is 319 Å². The number of aromatic nitrogens is 2. The van der Waals surface area contributed by atoms with Gasteiger partial charge in [-0.2, -0.15) is 0 Å². The molecule has 0 atom stereocenters. The zero-order valence-electron chi connectivity index (χ0n) is 31.5. The molecule has 2 aromatic heterocycles. The second kappa shape index (κ2) is 16.8. The molecule has 0 N–H and O–H groups in total. The van der Waals surface area contributed by atoms with Crippen LogP contribution in [-0.4, -0.2) is 9.13 Å². The fraction of sp³-hybridized carbons (Fsp3) is 0.0769. The van der Waals surface area contributed by atoms with Gasteiger partial charge in [0, 0.05) is 57.7 Å². The minimum atomic E-state index is 1.29. The van der Waals surface area contributed by atoms with E-state index in [2.05, 4.69) is 231 Å². The molecule has 54 heavy (non-hydrogen) atoms. The summed E-state index contributed by atoms with van der Waals surface area (Å²) in [5, 5.41) is 5.35. The van der Waals surface area contributed by atoms with E-state index in [1.165, 1.54) is 77.0 Å². The molecule has 0 bridgehead atoms. The molecular weight excluding hydrogens is 653 g/mol. The molecule has 2 heteroatoms. The van der Waals surface area contributed by atoms with Gasteiger partial charge in [0.2, 0.25) is 0 Å². The van der Waals surface area contributed by atoms with Gasteiger partial charge >= 0.3 is 0 Å². The fourth-order valence-electron chi connectivity index (χ4n) is 7.26. The summed E-state index contributed by atoms with van der Waals surface area (Å²) in [7, 11) is 4.23. The molecule has 0 aliphatic heterocycles. The first-order valence-electron chi connectivity index (χ1n) is 18.6. The molecule has 10 aromatic rings. The summed E-state index contributed by atoms with van der Waals surface area (Å²) >= 11 is 0. The molecule has 0 unspecified atom stereocenters. The summed E-state index contributed by atoms with van der Waals surface area (Å²) in [5.41, 5.74) is 13.1. The molecular formula is C52H46N2. The van der Waals surface area contributed by atoms with Gasteiger partial charge in [-0.15, -0.1) is 0 Å². The molecule has 8 aromatic carbocycles. The van der Waals surface area contributed by atoms with Gasteiger partial charge in [0.25, 0.3) is 0 Å². The van der Waals surface area contributed by atoms with Crippen molar-refractivity contribution in [2.45, 2.75) is 13.8 Å². The van der Waals surface area contributed by atoms with Crippen molar-refractivity contribution in [3.05, 3.63) is 217 Å². The molecule has 0 saturated carbocycles. The first-order valence-corrected chi connectivity index (χ1v) is 18.6. The van der Waals surface area contributed by atoms with E-state index in [4.69, 9.17) is 0 Å². The average Bonchev–Trinajstić information content (AvgIpc) is 3.70. The van der Waals surface area contributed by atoms with E-state index in [9.17, 15) is 0 Å². The maximum absolute atomic E-state index is 2.24. The Hall–Kier alpha value is -6.64. The van der Waals surface area contributed by atoms with Gasteiger partial charge in [-0.1, -0.05) is 182 Å². The molecule has 2 heterocycles. The van der Waals surface area contributed by atoms with Crippen molar-refractivity contribution in [3.63, 3.8) is 0 Å². The molecule has 0 saturated heterocycles. The van der Waals surface area contributed by atoms with Gasteiger partial charge in [-0.05, 0) is 71.5 Å². The average molecular weight is 699 g/mol. The fourth-order valence-corrected chi connectivity index (χ4v) is 7.26. The summed E-state index contributed by atoms with van der Waals surface area (Å²) in [6.07, 6.45) is 0. The second-order valence-electron chi connectivity index (χ2n) is 13.5. The number of nitrogens with zero attached hydrogens (tertiary/aromatic N) is 2. The Balaban J connectivity index is 0.000000111. The van der Waals surface area contributed by atoms with Gasteiger partial charge in [0.1, 0.15) is 0 Å². The minimum Gasteiger partial charge on any atom is -0.344 e. The quantitative estimate of drug-likeness (QED) is 0.170. The van der Waals surface area contributed by atoms with Crippen LogP contribution in [0.3, 0.4) is 0 Å². The summed E-state index contributed by atoms with van der Waals surface area (Å²) in [6, 6.07) is 71.9. The van der Waals surface area contributed by atoms with Crippen molar-refractivity contribution in [1.29, 1.82) is 0 Å². The van der Waals surface area contributed by atoms with Gasteiger partial charge in [0.15, 0.2) is 0 Å². The topological polar surface area (TPSA) is 9.86 Å². The zero-order valence-corrected chi connectivity index (χ0v) is 31.5. The Bertz CT molecular complexity index is 2450. The SMILES string of the molecule is Cc1ccccc1-c1ccccc1.Cc1ccccc1-c1ccccc1.Cn1c2ccccc2c2ccccc21.Cn1c2ccccc2c2ccccc21. The Morgan fingerprint density at radius 3 is 0.796 bits per heavy atom. The number of para-hydroxylation sites is 4. The van der Waals surface area contributed by atoms with Crippen molar-refractivity contribution in [2.75, 3.05) is 0 Å². The van der Waals surface area contributed by atoms with Crippen LogP contribution in [0.2, 0.25) is 0 Å². The van der Waals surface area contributed by atoms with E-state index in [-0.39, 0.29) is 0 Å². The van der Waals surface area contributed by atoms with Crippen molar-refractivity contribution in [2.24, 2.45) is 14.1 Å². The third-order valence-corrected chi connectivity index (χ3v) is 10.1. The highest BCUT2D eigenvalue weighted by molar-refractivity contribution is 6.08. The lowest BCUT2D eigenvalue weighted by Gasteiger charge is -2.04. The lowest BCUT2D eigenvalue weighted by atomic mass is 10.0. The van der Waals surface area contributed by atoms with Gasteiger partial charge in [0.05, 0.1) is 0 Å². The largest absolute Gasteiger partial charge is 0.344 e. The second-order valence-corrected chi connectivity index (χ2v) is 13.5. The van der Waals surface area contributed by atoms with E-state index >= 15 is 0 Å². The number of aryl methyl sites for hydroxylation is 4. The Morgan fingerprint density at radius 1 is 0.259 bits per heavy atom. The third-order valence-electron chi connectivity index (χ3n) is 10.1. The monoisotopic (exact) mass is 698 g/mol. The van der Waals surface area contributed by atoms with Crippen LogP contribution in [-0.2, 0) is 14.1 Å². The third kappa shape index (κ3) is 7.74. The van der Waals surface area contributed by atoms with Crippen LogP contribution in [0, 0.1) is 13.8 Å². The summed E-state index contributed by atoms with van der Waals surface area (Å²) in [6.45, 7) is 4.28. The lowest BCUT2D eigenvalue weighted by Crippen LogP contribution is -1.84. The summed E-state index contributed by atoms with van der Waals surface area (Å²) in [5.74, 6) is 0. The minimum absolute atomic E-state index is 1.29. The smallest absolute Gasteiger partial charge is 0.0488 e. The summed E-state index contributed by atoms with van der Waals surface area (Å²) < 4.78 is 4.48. The number of fused-ring (bicyclic) bond motifs is 6. The molecule has 0 aliphatic rings. The van der Waals surface area contributed by atoms with Crippen LogP contribution < -0.4 is 0 Å². The van der Waals surface area contributed by atoms with E-state index in [0.29, 0.717) is 0 Å². The van der Waals surface area contributed by atoms with Crippen molar-refractivity contribution < 1.29 is 0 Å². The molecule has 0 spiro atoms. The van der Waals surface area contributed by atoms with Gasteiger partial charge in [-0.25, -0.2) is 0 Å². The number of rotatable bonds is 2. The van der Waals surface area contributed by atoms with Crippen LogP contribution in [0.1, 0.15) is 11.1 Å². The Morgan fingerprint density at radius 2 is 0.500 bits per heavy atom. The predicted molar refractivity (Wildman–Crippen MR) is 234 cm³/mol. The maximum Gasteiger partial charge on any atom is 0.0488 e. The van der Waals surface area contributed by atoms with Crippen LogP contribution in [0.15, 0.2) is 206 Å². The first-order chi connectivity index (χ1) is 26.5. The van der Waals surface area contributed by atoms with E-state index in [0.717, 1.165) is 0 Å². The lowest BCUT2D eigenvalue weighted by molar-refractivity contribution is 1.01. The number of benzene rings is 8. The Kier molecular flexibility index (Phi) is 11.1. The number of hydrogen-bond acceptors (Lipinski definition) is 0.